The van der Waals surface area contributed by atoms with Gasteiger partial charge in [-0.15, -0.1) is 0 Å². The summed E-state index contributed by atoms with van der Waals surface area (Å²) in [6.45, 7) is 2.93. The van der Waals surface area contributed by atoms with E-state index in [4.69, 9.17) is 0 Å². The first-order chi connectivity index (χ1) is 7.66. The van der Waals surface area contributed by atoms with Gasteiger partial charge in [0.25, 0.3) is 0 Å². The number of hydrogen-bond acceptors (Lipinski definition) is 1. The monoisotopic (exact) mass is 278 g/mol. The number of benzene rings is 1. The summed E-state index contributed by atoms with van der Waals surface area (Å²) in [7, 11) is 2.06. The van der Waals surface area contributed by atoms with Gasteiger partial charge in [0.05, 0.1) is 6.54 Å². The lowest BCUT2D eigenvalue weighted by Crippen LogP contribution is -2.04. The fourth-order valence-electron chi connectivity index (χ4n) is 1.63. The van der Waals surface area contributed by atoms with E-state index in [9.17, 15) is 0 Å². The fourth-order valence-corrected chi connectivity index (χ4v) is 2.26. The highest BCUT2D eigenvalue weighted by Crippen LogP contribution is 2.23. The molecule has 0 fully saturated rings. The maximum Gasteiger partial charge on any atom is 0.0553 e. The van der Waals surface area contributed by atoms with Gasteiger partial charge in [0.15, 0.2) is 0 Å². The van der Waals surface area contributed by atoms with Crippen LogP contribution in [0.15, 0.2) is 41.0 Å². The quantitative estimate of drug-likeness (QED) is 0.906. The molecule has 84 valence electrons. The van der Waals surface area contributed by atoms with Crippen LogP contribution in [-0.2, 0) is 13.6 Å². The summed E-state index contributed by atoms with van der Waals surface area (Å²) >= 11 is 3.56. The molecule has 0 aliphatic carbocycles. The highest BCUT2D eigenvalue weighted by Gasteiger charge is 2.01. The van der Waals surface area contributed by atoms with Crippen LogP contribution in [0.25, 0.3) is 0 Å². The van der Waals surface area contributed by atoms with Crippen LogP contribution < -0.4 is 5.32 Å². The van der Waals surface area contributed by atoms with Crippen molar-refractivity contribution in [2.24, 2.45) is 7.05 Å². The molecule has 0 aliphatic rings. The van der Waals surface area contributed by atoms with Crippen LogP contribution in [0.3, 0.4) is 0 Å². The first-order valence-electron chi connectivity index (χ1n) is 5.27. The Balaban J connectivity index is 2.08. The lowest BCUT2D eigenvalue weighted by atomic mass is 10.2. The third-order valence-corrected chi connectivity index (χ3v) is 3.29. The van der Waals surface area contributed by atoms with Crippen molar-refractivity contribution in [3.05, 3.63) is 52.3 Å². The van der Waals surface area contributed by atoms with Crippen LogP contribution in [0.1, 0.15) is 11.3 Å². The first kappa shape index (κ1) is 11.3. The normalized spacial score (nSPS) is 10.4. The van der Waals surface area contributed by atoms with Crippen molar-refractivity contribution in [3.63, 3.8) is 0 Å². The summed E-state index contributed by atoms with van der Waals surface area (Å²) in [5.74, 6) is 0. The van der Waals surface area contributed by atoms with Gasteiger partial charge in [0.2, 0.25) is 0 Å². The number of aryl methyl sites for hydroxylation is 2. The zero-order chi connectivity index (χ0) is 11.5. The van der Waals surface area contributed by atoms with Gasteiger partial charge in [-0.2, -0.15) is 0 Å². The number of hydrogen-bond donors (Lipinski definition) is 1. The molecule has 0 unspecified atom stereocenters. The predicted molar refractivity (Wildman–Crippen MR) is 71.6 cm³/mol. The molecular weight excluding hydrogens is 264 g/mol. The maximum absolute atomic E-state index is 3.56. The summed E-state index contributed by atoms with van der Waals surface area (Å²) in [6, 6.07) is 10.5. The van der Waals surface area contributed by atoms with Gasteiger partial charge in [-0.3, -0.25) is 0 Å². The minimum atomic E-state index is 0.838. The van der Waals surface area contributed by atoms with Crippen LogP contribution in [0.2, 0.25) is 0 Å². The molecule has 16 heavy (non-hydrogen) atoms. The molecule has 1 aromatic carbocycles. The molecule has 0 atom stereocenters. The smallest absolute Gasteiger partial charge is 0.0553 e. The summed E-state index contributed by atoms with van der Waals surface area (Å²) in [5, 5.41) is 3.42. The van der Waals surface area contributed by atoms with E-state index in [0.717, 1.165) is 16.7 Å². The van der Waals surface area contributed by atoms with Crippen LogP contribution in [-0.4, -0.2) is 4.57 Å². The molecule has 0 radical (unpaired) electrons. The first-order valence-corrected chi connectivity index (χ1v) is 6.06. The number of anilines is 1. The lowest BCUT2D eigenvalue weighted by molar-refractivity contribution is 0.842. The Hall–Kier alpha value is -1.22. The van der Waals surface area contributed by atoms with Crippen molar-refractivity contribution in [2.45, 2.75) is 13.5 Å². The molecule has 0 saturated heterocycles. The summed E-state index contributed by atoms with van der Waals surface area (Å²) in [6.07, 6.45) is 2.06. The molecule has 0 amide bonds. The van der Waals surface area contributed by atoms with Gasteiger partial charge >= 0.3 is 0 Å². The largest absolute Gasteiger partial charge is 0.379 e. The third-order valence-electron chi connectivity index (χ3n) is 2.64. The second-order valence-electron chi connectivity index (χ2n) is 3.95. The van der Waals surface area contributed by atoms with Crippen LogP contribution in [0, 0.1) is 6.92 Å². The minimum absolute atomic E-state index is 0.838. The molecule has 0 bridgehead atoms. The Kier molecular flexibility index (Phi) is 3.34. The second-order valence-corrected chi connectivity index (χ2v) is 4.80. The molecule has 0 saturated carbocycles. The van der Waals surface area contributed by atoms with Crippen LogP contribution in [0.5, 0.6) is 0 Å². The highest BCUT2D eigenvalue weighted by atomic mass is 79.9. The van der Waals surface area contributed by atoms with Crippen LogP contribution in [0.4, 0.5) is 5.69 Å². The van der Waals surface area contributed by atoms with E-state index in [1.807, 2.05) is 0 Å². The van der Waals surface area contributed by atoms with E-state index in [1.165, 1.54) is 11.3 Å². The molecular formula is C13H15BrN2. The average molecular weight is 279 g/mol. The predicted octanol–water partition coefficient (Wildman–Crippen LogP) is 3.71. The van der Waals surface area contributed by atoms with E-state index in [1.54, 1.807) is 0 Å². The zero-order valence-corrected chi connectivity index (χ0v) is 11.1. The molecule has 0 aliphatic heterocycles. The van der Waals surface area contributed by atoms with Crippen molar-refractivity contribution in [3.8, 4) is 0 Å². The number of nitrogens with zero attached hydrogens (tertiary/aromatic N) is 1. The van der Waals surface area contributed by atoms with Crippen molar-refractivity contribution in [1.29, 1.82) is 0 Å². The zero-order valence-electron chi connectivity index (χ0n) is 9.50. The Labute approximate surface area is 104 Å². The number of nitrogens with one attached hydrogen (secondary N) is 1. The number of halogens is 1. The summed E-state index contributed by atoms with van der Waals surface area (Å²) in [5.41, 5.74) is 3.66. The Bertz CT molecular complexity index is 488. The molecule has 1 N–H and O–H groups in total. The van der Waals surface area contributed by atoms with Gasteiger partial charge in [-0.25, -0.2) is 0 Å². The SMILES string of the molecule is Cc1ccc(NCc2cccn2C)c(Br)c1. The molecule has 2 aromatic rings. The van der Waals surface area contributed by atoms with E-state index >= 15 is 0 Å². The van der Waals surface area contributed by atoms with E-state index in [-0.39, 0.29) is 0 Å². The average Bonchev–Trinajstić information content (AvgIpc) is 2.63. The molecule has 2 nitrogen and oxygen atoms in total. The summed E-state index contributed by atoms with van der Waals surface area (Å²) < 4.78 is 3.23. The van der Waals surface area contributed by atoms with Crippen LogP contribution >= 0.6 is 15.9 Å². The fraction of sp³-hybridized carbons (Fsp3) is 0.231. The Morgan fingerprint density at radius 1 is 1.31 bits per heavy atom. The van der Waals surface area contributed by atoms with Gasteiger partial charge < -0.3 is 9.88 Å². The van der Waals surface area contributed by atoms with Gasteiger partial charge in [-0.05, 0) is 52.7 Å². The van der Waals surface area contributed by atoms with E-state index in [2.05, 4.69) is 76.3 Å². The van der Waals surface area contributed by atoms with Crippen molar-refractivity contribution < 1.29 is 0 Å². The standard InChI is InChI=1S/C13H15BrN2/c1-10-5-6-13(12(14)8-10)15-9-11-4-3-7-16(11)2/h3-8,15H,9H2,1-2H3. The van der Waals surface area contributed by atoms with Crippen molar-refractivity contribution >= 4 is 21.6 Å². The molecule has 1 heterocycles. The van der Waals surface area contributed by atoms with Crippen molar-refractivity contribution in [2.75, 3.05) is 5.32 Å². The Morgan fingerprint density at radius 2 is 2.12 bits per heavy atom. The lowest BCUT2D eigenvalue weighted by Gasteiger charge is -2.09. The van der Waals surface area contributed by atoms with Crippen molar-refractivity contribution in [1.82, 2.24) is 4.57 Å². The topological polar surface area (TPSA) is 17.0 Å². The second kappa shape index (κ2) is 4.74. The number of rotatable bonds is 3. The molecule has 0 spiro atoms. The van der Waals surface area contributed by atoms with E-state index < -0.39 is 0 Å². The van der Waals surface area contributed by atoms with Gasteiger partial charge in [0.1, 0.15) is 0 Å². The Morgan fingerprint density at radius 3 is 2.75 bits per heavy atom. The van der Waals surface area contributed by atoms with Gasteiger partial charge in [0, 0.05) is 29.1 Å². The minimum Gasteiger partial charge on any atom is -0.379 e. The number of aromatic nitrogens is 1. The molecule has 1 aromatic heterocycles. The van der Waals surface area contributed by atoms with Gasteiger partial charge in [-0.1, -0.05) is 6.07 Å². The molecule has 3 heteroatoms. The maximum atomic E-state index is 3.56. The third kappa shape index (κ3) is 2.47. The summed E-state index contributed by atoms with van der Waals surface area (Å²) in [4.78, 5) is 0. The van der Waals surface area contributed by atoms with E-state index in [0.29, 0.717) is 0 Å². The highest BCUT2D eigenvalue weighted by molar-refractivity contribution is 9.10. The molecule has 2 rings (SSSR count).